The van der Waals surface area contributed by atoms with Gasteiger partial charge in [0, 0.05) is 29.4 Å². The lowest BCUT2D eigenvalue weighted by molar-refractivity contribution is 0.0996. The van der Waals surface area contributed by atoms with Gasteiger partial charge in [-0.25, -0.2) is 18.4 Å². The average molecular weight is 395 g/mol. The third-order valence-electron chi connectivity index (χ3n) is 4.34. The Hall–Kier alpha value is -4.01. The number of hydrogen-bond donors (Lipinski definition) is 2. The molecule has 0 fully saturated rings. The highest BCUT2D eigenvalue weighted by Gasteiger charge is 2.16. The molecule has 7 nitrogen and oxygen atoms in total. The molecule has 0 aliphatic carbocycles. The Balaban J connectivity index is 1.72. The van der Waals surface area contributed by atoms with Crippen LogP contribution in [-0.4, -0.2) is 20.7 Å². The first-order chi connectivity index (χ1) is 13.9. The van der Waals surface area contributed by atoms with E-state index in [0.717, 1.165) is 6.07 Å². The number of hydrogen-bond acceptors (Lipinski definition) is 5. The maximum Gasteiger partial charge on any atom is 0.251 e. The van der Waals surface area contributed by atoms with Crippen molar-refractivity contribution in [2.24, 2.45) is 5.73 Å². The number of benzene rings is 2. The molecule has 4 N–H and O–H groups in total. The highest BCUT2D eigenvalue weighted by Crippen LogP contribution is 2.28. The van der Waals surface area contributed by atoms with E-state index in [0.29, 0.717) is 22.2 Å². The van der Waals surface area contributed by atoms with Crippen LogP contribution in [-0.2, 0) is 6.61 Å². The molecule has 2 heterocycles. The molecule has 29 heavy (non-hydrogen) atoms. The molecule has 4 rings (SSSR count). The minimum atomic E-state index is -0.905. The number of anilines is 1. The van der Waals surface area contributed by atoms with Gasteiger partial charge in [-0.15, -0.1) is 0 Å². The van der Waals surface area contributed by atoms with Crippen LogP contribution in [0.1, 0.15) is 15.9 Å². The summed E-state index contributed by atoms with van der Waals surface area (Å²) in [5.74, 6) is -1.76. The standard InChI is InChI=1S/C20H15F2N5O2/c21-13-2-3-16-11(6-13)8-18(19(23)26-16)29-10-12-7-14(20(24)28)15(22)9-17(12)27-5-1-4-25-27/h1-9H,10H2,(H2,23,26)(H2,24,28). The van der Waals surface area contributed by atoms with Crippen molar-refractivity contribution in [2.45, 2.75) is 6.61 Å². The van der Waals surface area contributed by atoms with E-state index in [1.54, 1.807) is 18.3 Å². The number of carbonyl (C=O) groups is 1. The van der Waals surface area contributed by atoms with Gasteiger partial charge in [0.25, 0.3) is 5.91 Å². The van der Waals surface area contributed by atoms with Gasteiger partial charge in [-0.3, -0.25) is 4.79 Å². The third kappa shape index (κ3) is 3.57. The van der Waals surface area contributed by atoms with Crippen molar-refractivity contribution in [1.29, 1.82) is 0 Å². The first-order valence-electron chi connectivity index (χ1n) is 8.53. The number of halogens is 2. The Morgan fingerprint density at radius 3 is 2.72 bits per heavy atom. The summed E-state index contributed by atoms with van der Waals surface area (Å²) in [6.45, 7) is -0.0809. The second-order valence-corrected chi connectivity index (χ2v) is 6.27. The second-order valence-electron chi connectivity index (χ2n) is 6.27. The topological polar surface area (TPSA) is 109 Å². The fraction of sp³-hybridized carbons (Fsp3) is 0.0500. The summed E-state index contributed by atoms with van der Waals surface area (Å²) in [5.41, 5.74) is 12.3. The van der Waals surface area contributed by atoms with Gasteiger partial charge in [0.2, 0.25) is 0 Å². The summed E-state index contributed by atoms with van der Waals surface area (Å²) < 4.78 is 35.0. The smallest absolute Gasteiger partial charge is 0.251 e. The van der Waals surface area contributed by atoms with Gasteiger partial charge >= 0.3 is 0 Å². The minimum absolute atomic E-state index is 0.0809. The van der Waals surface area contributed by atoms with Gasteiger partial charge in [-0.2, -0.15) is 5.10 Å². The van der Waals surface area contributed by atoms with Gasteiger partial charge in [-0.1, -0.05) is 0 Å². The van der Waals surface area contributed by atoms with Gasteiger partial charge in [0.15, 0.2) is 11.6 Å². The van der Waals surface area contributed by atoms with E-state index in [1.807, 2.05) is 0 Å². The van der Waals surface area contributed by atoms with E-state index >= 15 is 0 Å². The van der Waals surface area contributed by atoms with Crippen molar-refractivity contribution in [2.75, 3.05) is 5.73 Å². The first-order valence-corrected chi connectivity index (χ1v) is 8.53. The number of ether oxygens (including phenoxy) is 1. The molecular weight excluding hydrogens is 380 g/mol. The van der Waals surface area contributed by atoms with Gasteiger partial charge in [-0.05, 0) is 36.4 Å². The maximum absolute atomic E-state index is 14.3. The maximum atomic E-state index is 14.3. The summed E-state index contributed by atoms with van der Waals surface area (Å²) >= 11 is 0. The number of aromatic nitrogens is 3. The van der Waals surface area contributed by atoms with Crippen LogP contribution in [0.4, 0.5) is 14.6 Å². The van der Waals surface area contributed by atoms with Crippen molar-refractivity contribution >= 4 is 22.6 Å². The van der Waals surface area contributed by atoms with Crippen molar-refractivity contribution in [3.63, 3.8) is 0 Å². The average Bonchev–Trinajstić information content (AvgIpc) is 3.21. The fourth-order valence-electron chi connectivity index (χ4n) is 2.95. The molecule has 0 unspecified atom stereocenters. The minimum Gasteiger partial charge on any atom is -0.485 e. The molecule has 0 aliphatic heterocycles. The van der Waals surface area contributed by atoms with Crippen LogP contribution in [0.5, 0.6) is 5.75 Å². The summed E-state index contributed by atoms with van der Waals surface area (Å²) in [6.07, 6.45) is 3.15. The van der Waals surface area contributed by atoms with E-state index in [9.17, 15) is 13.6 Å². The quantitative estimate of drug-likeness (QED) is 0.540. The van der Waals surface area contributed by atoms with E-state index in [-0.39, 0.29) is 23.7 Å². The SMILES string of the molecule is NC(=O)c1cc(COc2cc3cc(F)ccc3nc2N)c(-n2cccn2)cc1F. The number of nitrogen functional groups attached to an aromatic ring is 1. The fourth-order valence-corrected chi connectivity index (χ4v) is 2.95. The number of rotatable bonds is 5. The Bertz CT molecular complexity index is 1230. The number of pyridine rings is 1. The number of fused-ring (bicyclic) bond motifs is 1. The van der Waals surface area contributed by atoms with Crippen LogP contribution in [0.3, 0.4) is 0 Å². The molecule has 146 valence electrons. The summed E-state index contributed by atoms with van der Waals surface area (Å²) in [4.78, 5) is 15.7. The summed E-state index contributed by atoms with van der Waals surface area (Å²) in [5, 5.41) is 4.60. The molecule has 4 aromatic rings. The van der Waals surface area contributed by atoms with Crippen LogP contribution in [0.25, 0.3) is 16.6 Å². The van der Waals surface area contributed by atoms with Crippen molar-refractivity contribution in [3.8, 4) is 11.4 Å². The molecule has 0 atom stereocenters. The lowest BCUT2D eigenvalue weighted by Crippen LogP contribution is -2.16. The van der Waals surface area contributed by atoms with E-state index < -0.39 is 17.5 Å². The predicted molar refractivity (Wildman–Crippen MR) is 102 cm³/mol. The largest absolute Gasteiger partial charge is 0.485 e. The van der Waals surface area contributed by atoms with E-state index in [4.69, 9.17) is 16.2 Å². The summed E-state index contributed by atoms with van der Waals surface area (Å²) in [7, 11) is 0. The molecule has 1 amide bonds. The Kier molecular flexibility index (Phi) is 4.55. The lowest BCUT2D eigenvalue weighted by Gasteiger charge is -2.14. The zero-order chi connectivity index (χ0) is 20.5. The normalized spacial score (nSPS) is 11.0. The molecule has 2 aromatic carbocycles. The van der Waals surface area contributed by atoms with Crippen LogP contribution >= 0.6 is 0 Å². The molecular formula is C20H15F2N5O2. The molecule has 0 radical (unpaired) electrons. The summed E-state index contributed by atoms with van der Waals surface area (Å²) in [6, 6.07) is 9.81. The number of primary amides is 1. The first kappa shape index (κ1) is 18.4. The van der Waals surface area contributed by atoms with Gasteiger partial charge in [0.1, 0.15) is 18.2 Å². The second kappa shape index (κ2) is 7.19. The van der Waals surface area contributed by atoms with Gasteiger partial charge in [0.05, 0.1) is 16.8 Å². The predicted octanol–water partition coefficient (Wildman–Crippen LogP) is 2.96. The van der Waals surface area contributed by atoms with Crippen LogP contribution in [0.2, 0.25) is 0 Å². The van der Waals surface area contributed by atoms with E-state index in [1.165, 1.54) is 35.1 Å². The Morgan fingerprint density at radius 2 is 2.00 bits per heavy atom. The Labute approximate surface area is 163 Å². The highest BCUT2D eigenvalue weighted by atomic mass is 19.1. The molecule has 2 aromatic heterocycles. The van der Waals surface area contributed by atoms with Crippen LogP contribution in [0, 0.1) is 11.6 Å². The molecule has 9 heteroatoms. The van der Waals surface area contributed by atoms with Gasteiger partial charge < -0.3 is 16.2 Å². The third-order valence-corrected chi connectivity index (χ3v) is 4.34. The number of amides is 1. The number of carbonyl (C=O) groups excluding carboxylic acids is 1. The molecule has 0 saturated heterocycles. The van der Waals surface area contributed by atoms with Crippen LogP contribution < -0.4 is 16.2 Å². The van der Waals surface area contributed by atoms with Crippen LogP contribution in [0.15, 0.2) is 54.9 Å². The number of nitrogens with zero attached hydrogens (tertiary/aromatic N) is 3. The van der Waals surface area contributed by atoms with E-state index in [2.05, 4.69) is 10.1 Å². The molecule has 0 saturated carbocycles. The Morgan fingerprint density at radius 1 is 1.17 bits per heavy atom. The zero-order valence-electron chi connectivity index (χ0n) is 15.0. The van der Waals surface area contributed by atoms with Crippen molar-refractivity contribution < 1.29 is 18.3 Å². The molecule has 0 bridgehead atoms. The lowest BCUT2D eigenvalue weighted by atomic mass is 10.1. The monoisotopic (exact) mass is 395 g/mol. The molecule has 0 aliphatic rings. The van der Waals surface area contributed by atoms with Crippen molar-refractivity contribution in [1.82, 2.24) is 14.8 Å². The zero-order valence-corrected chi connectivity index (χ0v) is 15.0. The highest BCUT2D eigenvalue weighted by molar-refractivity contribution is 5.93. The number of nitrogens with two attached hydrogens (primary N) is 2. The van der Waals surface area contributed by atoms with Crippen molar-refractivity contribution in [3.05, 3.63) is 77.6 Å². The molecule has 0 spiro atoms.